The van der Waals surface area contributed by atoms with Gasteiger partial charge in [0.2, 0.25) is 0 Å². The van der Waals surface area contributed by atoms with E-state index in [4.69, 9.17) is 21.5 Å². The van der Waals surface area contributed by atoms with Crippen LogP contribution in [0.3, 0.4) is 0 Å². The molecule has 10 nitrogen and oxygen atoms in total. The SMILES string of the molecule is Cn1cnc2ccc(Nc3c(F)ccc(NS(=O)(=O)N4CC5CC4C5)c3Cl)c(F)c2c1=O.O=C(O)C(F)(F)F. The number of carboxylic acid groups (broad SMARTS) is 1. The van der Waals surface area contributed by atoms with E-state index in [2.05, 4.69) is 15.0 Å². The van der Waals surface area contributed by atoms with Gasteiger partial charge in [-0.25, -0.2) is 18.6 Å². The van der Waals surface area contributed by atoms with Crippen LogP contribution in [0.1, 0.15) is 12.8 Å². The summed E-state index contributed by atoms with van der Waals surface area (Å²) < 4.78 is 91.8. The normalized spacial score (nSPS) is 18.7. The molecule has 3 N–H and O–H groups in total. The number of fused-ring (bicyclic) bond motifs is 2. The first-order valence-electron chi connectivity index (χ1n) is 11.1. The predicted octanol–water partition coefficient (Wildman–Crippen LogP) is 3.99. The Morgan fingerprint density at radius 1 is 1.15 bits per heavy atom. The fraction of sp³-hybridized carbons (Fsp3) is 0.318. The summed E-state index contributed by atoms with van der Waals surface area (Å²) in [6, 6.07) is 4.92. The number of carboxylic acids is 1. The zero-order valence-corrected chi connectivity index (χ0v) is 21.3. The highest BCUT2D eigenvalue weighted by Crippen LogP contribution is 2.43. The zero-order chi connectivity index (χ0) is 28.9. The van der Waals surface area contributed by atoms with Gasteiger partial charge in [0.05, 0.1) is 33.9 Å². The number of aliphatic carboxylic acids is 1. The summed E-state index contributed by atoms with van der Waals surface area (Å²) in [6.07, 6.45) is -2.14. The largest absolute Gasteiger partial charge is 0.490 e. The van der Waals surface area contributed by atoms with Crippen molar-refractivity contribution in [2.45, 2.75) is 25.1 Å². The number of carbonyl (C=O) groups is 1. The maximum atomic E-state index is 15.1. The van der Waals surface area contributed by atoms with Crippen LogP contribution in [-0.4, -0.2) is 52.1 Å². The number of hydrogen-bond donors (Lipinski definition) is 3. The highest BCUT2D eigenvalue weighted by Gasteiger charge is 2.48. The Kier molecular flexibility index (Phi) is 7.48. The van der Waals surface area contributed by atoms with Crippen molar-refractivity contribution < 1.29 is 40.3 Å². The van der Waals surface area contributed by atoms with Crippen molar-refractivity contribution >= 4 is 55.7 Å². The van der Waals surface area contributed by atoms with Crippen molar-refractivity contribution in [1.29, 1.82) is 0 Å². The number of aromatic nitrogens is 2. The third-order valence-corrected chi connectivity index (χ3v) is 8.16. The van der Waals surface area contributed by atoms with Crippen LogP contribution in [0.15, 0.2) is 35.4 Å². The average Bonchev–Trinajstić information content (AvgIpc) is 3.45. The molecule has 2 aliphatic heterocycles. The van der Waals surface area contributed by atoms with Gasteiger partial charge in [0.1, 0.15) is 11.2 Å². The molecule has 3 aliphatic rings. The Balaban J connectivity index is 0.000000448. The van der Waals surface area contributed by atoms with Gasteiger partial charge in [-0.2, -0.15) is 25.9 Å². The second-order valence-corrected chi connectivity index (χ2v) is 10.9. The van der Waals surface area contributed by atoms with Crippen LogP contribution < -0.4 is 15.6 Å². The molecular formula is C22H19ClF5N5O5S. The van der Waals surface area contributed by atoms with Gasteiger partial charge in [-0.3, -0.25) is 9.52 Å². The van der Waals surface area contributed by atoms with E-state index in [0.717, 1.165) is 23.5 Å². The Labute approximate surface area is 222 Å². The van der Waals surface area contributed by atoms with Crippen molar-refractivity contribution in [3.8, 4) is 0 Å². The summed E-state index contributed by atoms with van der Waals surface area (Å²) in [5, 5.41) is 9.15. The van der Waals surface area contributed by atoms with E-state index in [1.807, 2.05) is 0 Å². The number of halogens is 6. The molecule has 2 saturated heterocycles. The van der Waals surface area contributed by atoms with Crippen molar-refractivity contribution in [2.75, 3.05) is 16.6 Å². The molecule has 0 unspecified atom stereocenters. The van der Waals surface area contributed by atoms with Gasteiger partial charge >= 0.3 is 22.4 Å². The molecular weight excluding hydrogens is 577 g/mol. The van der Waals surface area contributed by atoms with Gasteiger partial charge in [-0.15, -0.1) is 0 Å². The number of hydrogen-bond acceptors (Lipinski definition) is 6. The first-order valence-corrected chi connectivity index (χ1v) is 12.9. The molecule has 3 heterocycles. The molecule has 17 heteroatoms. The summed E-state index contributed by atoms with van der Waals surface area (Å²) in [5.74, 6) is -4.13. The number of aryl methyl sites for hydroxylation is 1. The third-order valence-electron chi connectivity index (χ3n) is 6.22. The molecule has 3 fully saturated rings. The molecule has 2 bridgehead atoms. The number of rotatable bonds is 5. The van der Waals surface area contributed by atoms with Crippen LogP contribution in [-0.2, 0) is 22.1 Å². The highest BCUT2D eigenvalue weighted by atomic mass is 35.5. The molecule has 1 aromatic heterocycles. The lowest BCUT2D eigenvalue weighted by atomic mass is 9.87. The fourth-order valence-corrected chi connectivity index (χ4v) is 6.05. The van der Waals surface area contributed by atoms with E-state index in [-0.39, 0.29) is 39.0 Å². The number of nitrogens with zero attached hydrogens (tertiary/aromatic N) is 3. The third kappa shape index (κ3) is 5.62. The summed E-state index contributed by atoms with van der Waals surface area (Å²) in [6.45, 7) is 0.440. The van der Waals surface area contributed by atoms with E-state index in [0.29, 0.717) is 12.5 Å². The van der Waals surface area contributed by atoms with Crippen molar-refractivity contribution in [3.05, 3.63) is 57.6 Å². The van der Waals surface area contributed by atoms with Crippen LogP contribution >= 0.6 is 11.6 Å². The van der Waals surface area contributed by atoms with E-state index < -0.39 is 39.5 Å². The Hall–Kier alpha value is -3.50. The van der Waals surface area contributed by atoms with Crippen LogP contribution in [0, 0.1) is 17.6 Å². The summed E-state index contributed by atoms with van der Waals surface area (Å²) in [7, 11) is -2.44. The molecule has 0 spiro atoms. The van der Waals surface area contributed by atoms with Crippen LogP contribution in [0.2, 0.25) is 5.02 Å². The Morgan fingerprint density at radius 3 is 2.33 bits per heavy atom. The van der Waals surface area contributed by atoms with Gasteiger partial charge in [0.15, 0.2) is 5.82 Å². The zero-order valence-electron chi connectivity index (χ0n) is 19.8. The standard InChI is InChI=1S/C20H18ClF2N5O3S.C2HF3O2/c1-27-9-24-13-4-5-15(18(23)16(13)20(27)29)25-19-12(22)2-3-14(17(19)21)26-32(30,31)28-8-10-6-11(28)7-10;3-2(4,5)1(6)7/h2-5,9-11,25-26H,6-8H2,1H3;(H,6,7). The molecule has 3 aromatic rings. The maximum absolute atomic E-state index is 15.1. The summed E-state index contributed by atoms with van der Waals surface area (Å²) in [4.78, 5) is 25.2. The molecule has 2 aromatic carbocycles. The second kappa shape index (κ2) is 10.2. The van der Waals surface area contributed by atoms with Gasteiger partial charge in [0, 0.05) is 19.6 Å². The Morgan fingerprint density at radius 2 is 1.77 bits per heavy atom. The smallest absolute Gasteiger partial charge is 0.475 e. The molecule has 210 valence electrons. The van der Waals surface area contributed by atoms with Crippen molar-refractivity contribution in [2.24, 2.45) is 13.0 Å². The minimum atomic E-state index is -5.08. The van der Waals surface area contributed by atoms with Crippen LogP contribution in [0.25, 0.3) is 10.9 Å². The average molecular weight is 596 g/mol. The number of alkyl halides is 3. The minimum Gasteiger partial charge on any atom is -0.475 e. The number of anilines is 3. The minimum absolute atomic E-state index is 0.0303. The van der Waals surface area contributed by atoms with Crippen molar-refractivity contribution in [1.82, 2.24) is 13.9 Å². The van der Waals surface area contributed by atoms with Crippen LogP contribution in [0.5, 0.6) is 0 Å². The van der Waals surface area contributed by atoms with Gasteiger partial charge in [-0.05, 0) is 43.0 Å². The Bertz CT molecular complexity index is 1630. The monoisotopic (exact) mass is 595 g/mol. The van der Waals surface area contributed by atoms with E-state index in [1.165, 1.54) is 35.9 Å². The van der Waals surface area contributed by atoms with Gasteiger partial charge in [0.25, 0.3) is 5.56 Å². The van der Waals surface area contributed by atoms with Crippen LogP contribution in [0.4, 0.5) is 39.0 Å². The lowest BCUT2D eigenvalue weighted by Crippen LogP contribution is -2.38. The topological polar surface area (TPSA) is 134 Å². The molecule has 1 aliphatic carbocycles. The van der Waals surface area contributed by atoms with Gasteiger partial charge < -0.3 is 15.0 Å². The van der Waals surface area contributed by atoms with Gasteiger partial charge in [-0.1, -0.05) is 11.6 Å². The molecule has 1 saturated carbocycles. The summed E-state index contributed by atoms with van der Waals surface area (Å²) >= 11 is 6.30. The molecule has 39 heavy (non-hydrogen) atoms. The second-order valence-electron chi connectivity index (χ2n) is 8.86. The van der Waals surface area contributed by atoms with E-state index in [1.54, 1.807) is 0 Å². The quantitative estimate of drug-likeness (QED) is 0.380. The number of benzene rings is 2. The van der Waals surface area contributed by atoms with E-state index >= 15 is 4.39 Å². The summed E-state index contributed by atoms with van der Waals surface area (Å²) in [5.41, 5.74) is -1.03. The first-order chi connectivity index (χ1) is 18.1. The highest BCUT2D eigenvalue weighted by molar-refractivity contribution is 7.90. The maximum Gasteiger partial charge on any atom is 0.490 e. The first kappa shape index (κ1) is 28.5. The lowest BCUT2D eigenvalue weighted by molar-refractivity contribution is -0.192. The molecule has 0 radical (unpaired) electrons. The lowest BCUT2D eigenvalue weighted by Gasteiger charge is -2.26. The molecule has 0 atom stereocenters. The fourth-order valence-electron chi connectivity index (χ4n) is 4.21. The number of nitrogens with one attached hydrogen (secondary N) is 2. The molecule has 0 amide bonds. The predicted molar refractivity (Wildman–Crippen MR) is 131 cm³/mol. The van der Waals surface area contributed by atoms with E-state index in [9.17, 15) is 30.8 Å². The van der Waals surface area contributed by atoms with Crippen molar-refractivity contribution in [3.63, 3.8) is 0 Å². The molecule has 6 rings (SSSR count).